The van der Waals surface area contributed by atoms with Crippen molar-refractivity contribution in [2.45, 2.75) is 96.8 Å². The molecule has 1 amide bonds. The summed E-state index contributed by atoms with van der Waals surface area (Å²) in [4.78, 5) is 11.9. The molecule has 0 aliphatic heterocycles. The second-order valence-electron chi connectivity index (χ2n) is 8.99. The number of nitrogens with zero attached hydrogens (tertiary/aromatic N) is 1. The first-order valence-electron chi connectivity index (χ1n) is 11.7. The van der Waals surface area contributed by atoms with Gasteiger partial charge in [0.25, 0.3) is 0 Å². The van der Waals surface area contributed by atoms with Crippen LogP contribution in [0.3, 0.4) is 0 Å². The Morgan fingerprint density at radius 2 is 1.31 bits per heavy atom. The Hall–Kier alpha value is -0.660. The molecule has 0 aromatic heterocycles. The molecule has 174 valence electrons. The van der Waals surface area contributed by atoms with Gasteiger partial charge in [-0.1, -0.05) is 64.7 Å². The summed E-state index contributed by atoms with van der Waals surface area (Å²) < 4.78 is 32.7. The van der Waals surface area contributed by atoms with E-state index in [1.807, 2.05) is 14.1 Å². The maximum absolute atomic E-state index is 11.9. The minimum absolute atomic E-state index is 0.128. The van der Waals surface area contributed by atoms with Gasteiger partial charge >= 0.3 is 0 Å². The highest BCUT2D eigenvalue weighted by Crippen LogP contribution is 2.10. The zero-order chi connectivity index (χ0) is 22.0. The van der Waals surface area contributed by atoms with Gasteiger partial charge in [0.2, 0.25) is 5.91 Å². The number of nitrogens with one attached hydrogen (secondary N) is 1. The molecule has 0 bridgehead atoms. The molecular formula is C22H46N2O4S. The zero-order valence-corrected chi connectivity index (χ0v) is 20.0. The summed E-state index contributed by atoms with van der Waals surface area (Å²) >= 11 is 0. The number of hydrogen-bond acceptors (Lipinski definition) is 4. The minimum atomic E-state index is -4.12. The highest BCUT2D eigenvalue weighted by molar-refractivity contribution is 7.85. The number of hydrogen-bond donors (Lipinski definition) is 1. The van der Waals surface area contributed by atoms with Crippen molar-refractivity contribution in [3.63, 3.8) is 0 Å². The van der Waals surface area contributed by atoms with Gasteiger partial charge < -0.3 is 14.4 Å². The van der Waals surface area contributed by atoms with Crippen molar-refractivity contribution < 1.29 is 22.2 Å². The van der Waals surface area contributed by atoms with E-state index in [1.54, 1.807) is 0 Å². The SMILES string of the molecule is CCCCCCCCCCCCNC(=O)CCCC[N+](C)(C)CCCS(=O)(=O)[O-]. The largest absolute Gasteiger partial charge is 0.748 e. The van der Waals surface area contributed by atoms with E-state index < -0.39 is 10.1 Å². The van der Waals surface area contributed by atoms with Crippen molar-refractivity contribution >= 4 is 16.0 Å². The molecule has 29 heavy (non-hydrogen) atoms. The average molecular weight is 435 g/mol. The Kier molecular flexibility index (Phi) is 16.7. The van der Waals surface area contributed by atoms with Gasteiger partial charge in [-0.25, -0.2) is 8.42 Å². The van der Waals surface area contributed by atoms with Gasteiger partial charge in [0.15, 0.2) is 0 Å². The molecule has 0 aromatic carbocycles. The summed E-state index contributed by atoms with van der Waals surface area (Å²) in [6, 6.07) is 0. The van der Waals surface area contributed by atoms with Gasteiger partial charge in [-0.3, -0.25) is 4.79 Å². The van der Waals surface area contributed by atoms with Crippen molar-refractivity contribution in [3.8, 4) is 0 Å². The van der Waals surface area contributed by atoms with Gasteiger partial charge in [-0.15, -0.1) is 0 Å². The molecule has 0 spiro atoms. The fraction of sp³-hybridized carbons (Fsp3) is 0.955. The maximum Gasteiger partial charge on any atom is 0.219 e. The predicted molar refractivity (Wildman–Crippen MR) is 120 cm³/mol. The highest BCUT2D eigenvalue weighted by atomic mass is 32.2. The van der Waals surface area contributed by atoms with Crippen LogP contribution in [0.4, 0.5) is 0 Å². The number of amides is 1. The topological polar surface area (TPSA) is 86.3 Å². The minimum Gasteiger partial charge on any atom is -0.748 e. The number of quaternary nitrogens is 1. The Balaban J connectivity index is 3.49. The van der Waals surface area contributed by atoms with E-state index in [0.29, 0.717) is 23.9 Å². The smallest absolute Gasteiger partial charge is 0.219 e. The van der Waals surface area contributed by atoms with Crippen LogP contribution in [-0.4, -0.2) is 62.8 Å². The van der Waals surface area contributed by atoms with Gasteiger partial charge in [-0.2, -0.15) is 0 Å². The van der Waals surface area contributed by atoms with Crippen LogP contribution < -0.4 is 5.32 Å². The molecular weight excluding hydrogens is 388 g/mol. The second kappa shape index (κ2) is 17.1. The van der Waals surface area contributed by atoms with Gasteiger partial charge in [0.05, 0.1) is 37.3 Å². The fourth-order valence-corrected chi connectivity index (χ4v) is 4.02. The first kappa shape index (κ1) is 28.3. The number of unbranched alkanes of at least 4 members (excludes halogenated alkanes) is 10. The first-order chi connectivity index (χ1) is 13.7. The summed E-state index contributed by atoms with van der Waals surface area (Å²) in [5.41, 5.74) is 0. The lowest BCUT2D eigenvalue weighted by Crippen LogP contribution is -2.41. The molecule has 0 saturated carbocycles. The molecule has 0 atom stereocenters. The van der Waals surface area contributed by atoms with Crippen LogP contribution in [0, 0.1) is 0 Å². The first-order valence-corrected chi connectivity index (χ1v) is 13.3. The fourth-order valence-electron chi connectivity index (χ4n) is 3.54. The monoisotopic (exact) mass is 434 g/mol. The van der Waals surface area contributed by atoms with Crippen molar-refractivity contribution in [1.29, 1.82) is 0 Å². The van der Waals surface area contributed by atoms with Crippen LogP contribution in [0.15, 0.2) is 0 Å². The van der Waals surface area contributed by atoms with E-state index >= 15 is 0 Å². The highest BCUT2D eigenvalue weighted by Gasteiger charge is 2.15. The molecule has 0 unspecified atom stereocenters. The van der Waals surface area contributed by atoms with E-state index in [-0.39, 0.29) is 11.7 Å². The predicted octanol–water partition coefficient (Wildman–Crippen LogP) is 4.21. The third-order valence-corrected chi connectivity index (χ3v) is 6.22. The van der Waals surface area contributed by atoms with Crippen LogP contribution in [0.2, 0.25) is 0 Å². The Morgan fingerprint density at radius 1 is 0.793 bits per heavy atom. The van der Waals surface area contributed by atoms with Crippen LogP contribution >= 0.6 is 0 Å². The van der Waals surface area contributed by atoms with Crippen molar-refractivity contribution in [3.05, 3.63) is 0 Å². The summed E-state index contributed by atoms with van der Waals surface area (Å²) in [6.07, 6.45) is 15.7. The van der Waals surface area contributed by atoms with Gasteiger partial charge in [0, 0.05) is 25.1 Å². The molecule has 0 aliphatic carbocycles. The standard InChI is InChI=1S/C22H46N2O4S/c1-4-5-6-7-8-9-10-11-12-14-18-23-22(25)17-13-15-19-24(2,3)20-16-21-29(26,27)28/h4-21H2,1-3H3,(H-,23,25,26,27,28). The van der Waals surface area contributed by atoms with Crippen LogP contribution in [0.25, 0.3) is 0 Å². The molecule has 0 fully saturated rings. The van der Waals surface area contributed by atoms with E-state index in [9.17, 15) is 17.8 Å². The van der Waals surface area contributed by atoms with Crippen molar-refractivity contribution in [2.24, 2.45) is 0 Å². The lowest BCUT2D eigenvalue weighted by molar-refractivity contribution is -0.890. The van der Waals surface area contributed by atoms with Gasteiger partial charge in [-0.05, 0) is 19.3 Å². The number of carbonyl (C=O) groups excluding carboxylic acids is 1. The van der Waals surface area contributed by atoms with Crippen LogP contribution in [0.5, 0.6) is 0 Å². The quantitative estimate of drug-likeness (QED) is 0.177. The summed E-state index contributed by atoms with van der Waals surface area (Å²) in [6.45, 7) is 4.56. The normalized spacial score (nSPS) is 12.3. The maximum atomic E-state index is 11.9. The summed E-state index contributed by atoms with van der Waals surface area (Å²) in [5, 5.41) is 3.01. The molecule has 0 rings (SSSR count). The summed E-state index contributed by atoms with van der Waals surface area (Å²) in [7, 11) is -0.0577. The molecule has 0 heterocycles. The zero-order valence-electron chi connectivity index (χ0n) is 19.2. The van der Waals surface area contributed by atoms with Gasteiger partial charge in [0.1, 0.15) is 0 Å². The molecule has 0 radical (unpaired) electrons. The molecule has 0 saturated heterocycles. The molecule has 0 aromatic rings. The number of carbonyl (C=O) groups is 1. The van der Waals surface area contributed by atoms with Crippen molar-refractivity contribution in [1.82, 2.24) is 5.32 Å². The Morgan fingerprint density at radius 3 is 1.86 bits per heavy atom. The lowest BCUT2D eigenvalue weighted by Gasteiger charge is -2.30. The molecule has 0 aliphatic rings. The summed E-state index contributed by atoms with van der Waals surface area (Å²) in [5.74, 6) is -0.167. The van der Waals surface area contributed by atoms with E-state index in [1.165, 1.54) is 57.8 Å². The van der Waals surface area contributed by atoms with E-state index in [0.717, 1.165) is 32.4 Å². The van der Waals surface area contributed by atoms with Crippen molar-refractivity contribution in [2.75, 3.05) is 39.5 Å². The molecule has 1 N–H and O–H groups in total. The third kappa shape index (κ3) is 21.9. The Labute approximate surface area is 180 Å². The second-order valence-corrected chi connectivity index (χ2v) is 10.5. The van der Waals surface area contributed by atoms with Crippen LogP contribution in [-0.2, 0) is 14.9 Å². The average Bonchev–Trinajstić information content (AvgIpc) is 2.62. The molecule has 6 nitrogen and oxygen atoms in total. The van der Waals surface area contributed by atoms with E-state index in [2.05, 4.69) is 12.2 Å². The Bertz CT molecular complexity index is 507. The van der Waals surface area contributed by atoms with Crippen LogP contribution in [0.1, 0.15) is 96.8 Å². The lowest BCUT2D eigenvalue weighted by atomic mass is 10.1. The number of rotatable bonds is 20. The molecule has 7 heteroatoms. The van der Waals surface area contributed by atoms with E-state index in [4.69, 9.17) is 0 Å². The third-order valence-electron chi connectivity index (χ3n) is 5.43.